The second kappa shape index (κ2) is 7.84. The van der Waals surface area contributed by atoms with Crippen LogP contribution in [0.15, 0.2) is 12.1 Å². The summed E-state index contributed by atoms with van der Waals surface area (Å²) in [5.74, 6) is 2.18. The van der Waals surface area contributed by atoms with Crippen molar-refractivity contribution in [3.63, 3.8) is 0 Å². The molecule has 4 fully saturated rings. The molecule has 7 heteroatoms. The van der Waals surface area contributed by atoms with E-state index < -0.39 is 0 Å². The lowest BCUT2D eigenvalue weighted by atomic mass is 9.78. The molecular weight excluding hydrogens is 368 g/mol. The van der Waals surface area contributed by atoms with E-state index in [1.807, 2.05) is 13.0 Å². The van der Waals surface area contributed by atoms with E-state index in [2.05, 4.69) is 26.1 Å². The SMILES string of the molecule is Cc1ccc(N2CC[C@@H]3[C@@H](CO[C@H]3CC(=O)N3CCC4(CCOC4)CC3)C2)nn1. The van der Waals surface area contributed by atoms with Crippen molar-refractivity contribution >= 4 is 11.7 Å². The maximum absolute atomic E-state index is 12.9. The molecule has 5 rings (SSSR count). The summed E-state index contributed by atoms with van der Waals surface area (Å²) in [7, 11) is 0. The van der Waals surface area contributed by atoms with Crippen LogP contribution < -0.4 is 4.90 Å². The van der Waals surface area contributed by atoms with Crippen LogP contribution in [-0.2, 0) is 14.3 Å². The number of nitrogens with zero attached hydrogens (tertiary/aromatic N) is 4. The van der Waals surface area contributed by atoms with E-state index >= 15 is 0 Å². The molecule has 0 saturated carbocycles. The van der Waals surface area contributed by atoms with Crippen molar-refractivity contribution in [2.45, 2.75) is 45.1 Å². The van der Waals surface area contributed by atoms with E-state index in [4.69, 9.17) is 9.47 Å². The van der Waals surface area contributed by atoms with Crippen molar-refractivity contribution in [1.29, 1.82) is 0 Å². The average molecular weight is 401 g/mol. The minimum absolute atomic E-state index is 0.0736. The Kier molecular flexibility index (Phi) is 5.20. The molecule has 4 saturated heterocycles. The number of amides is 1. The Morgan fingerprint density at radius 2 is 2.07 bits per heavy atom. The van der Waals surface area contributed by atoms with E-state index in [1.54, 1.807) is 0 Å². The summed E-state index contributed by atoms with van der Waals surface area (Å²) < 4.78 is 11.7. The van der Waals surface area contributed by atoms with Gasteiger partial charge >= 0.3 is 0 Å². The van der Waals surface area contributed by atoms with E-state index in [9.17, 15) is 4.79 Å². The number of carbonyl (C=O) groups excluding carboxylic acids is 1. The second-order valence-electron chi connectivity index (χ2n) is 9.45. The molecule has 1 aromatic rings. The number of hydrogen-bond acceptors (Lipinski definition) is 6. The highest BCUT2D eigenvalue weighted by Crippen LogP contribution is 2.40. The third-order valence-corrected chi connectivity index (χ3v) is 7.64. The zero-order valence-corrected chi connectivity index (χ0v) is 17.4. The molecule has 3 atom stereocenters. The van der Waals surface area contributed by atoms with Gasteiger partial charge in [0.15, 0.2) is 5.82 Å². The van der Waals surface area contributed by atoms with Crippen molar-refractivity contribution in [2.24, 2.45) is 17.3 Å². The van der Waals surface area contributed by atoms with Crippen LogP contribution in [-0.4, -0.2) is 73.1 Å². The van der Waals surface area contributed by atoms with E-state index in [0.717, 1.165) is 83.2 Å². The molecule has 0 N–H and O–H groups in total. The van der Waals surface area contributed by atoms with Crippen LogP contribution >= 0.6 is 0 Å². The predicted molar refractivity (Wildman–Crippen MR) is 109 cm³/mol. The van der Waals surface area contributed by atoms with Gasteiger partial charge in [0.05, 0.1) is 31.4 Å². The molecule has 1 aromatic heterocycles. The second-order valence-corrected chi connectivity index (χ2v) is 9.45. The van der Waals surface area contributed by atoms with Crippen LogP contribution in [0.25, 0.3) is 0 Å². The Morgan fingerprint density at radius 3 is 2.79 bits per heavy atom. The topological polar surface area (TPSA) is 67.8 Å². The molecule has 0 aromatic carbocycles. The van der Waals surface area contributed by atoms with Gasteiger partial charge < -0.3 is 19.3 Å². The third-order valence-electron chi connectivity index (χ3n) is 7.64. The Labute approximate surface area is 172 Å². The smallest absolute Gasteiger partial charge is 0.225 e. The quantitative estimate of drug-likeness (QED) is 0.774. The van der Waals surface area contributed by atoms with E-state index in [1.165, 1.54) is 0 Å². The number of hydrogen-bond donors (Lipinski definition) is 0. The Balaban J connectivity index is 1.14. The third kappa shape index (κ3) is 3.87. The first-order valence-electron chi connectivity index (χ1n) is 11.1. The zero-order valence-electron chi connectivity index (χ0n) is 17.4. The fraction of sp³-hybridized carbons (Fsp3) is 0.773. The lowest BCUT2D eigenvalue weighted by Gasteiger charge is -2.39. The molecule has 0 aliphatic carbocycles. The van der Waals surface area contributed by atoms with Crippen molar-refractivity contribution in [1.82, 2.24) is 15.1 Å². The highest BCUT2D eigenvalue weighted by molar-refractivity contribution is 5.77. The summed E-state index contributed by atoms with van der Waals surface area (Å²) in [6.07, 6.45) is 5.00. The molecule has 0 radical (unpaired) electrons. The first-order valence-corrected chi connectivity index (χ1v) is 11.1. The number of fused-ring (bicyclic) bond motifs is 1. The maximum Gasteiger partial charge on any atom is 0.225 e. The molecule has 1 spiro atoms. The molecular formula is C22H32N4O3. The van der Waals surface area contributed by atoms with Crippen LogP contribution in [0, 0.1) is 24.2 Å². The molecule has 5 heterocycles. The standard InChI is InChI=1S/C22H32N4O3/c1-16-2-3-20(24-23-16)26-8-4-18-17(13-26)14-29-19(18)12-21(27)25-9-5-22(6-10-25)7-11-28-15-22/h2-3,17-19H,4-15H2,1H3/t17-,18-,19+/m1/s1. The van der Waals surface area contributed by atoms with Gasteiger partial charge in [0.1, 0.15) is 0 Å². The summed E-state index contributed by atoms with van der Waals surface area (Å²) in [5, 5.41) is 8.53. The van der Waals surface area contributed by atoms with Crippen molar-refractivity contribution in [3.8, 4) is 0 Å². The van der Waals surface area contributed by atoms with Crippen molar-refractivity contribution < 1.29 is 14.3 Å². The van der Waals surface area contributed by atoms with Crippen LogP contribution in [0.5, 0.6) is 0 Å². The lowest BCUT2D eigenvalue weighted by molar-refractivity contribution is -0.136. The highest BCUT2D eigenvalue weighted by atomic mass is 16.5. The summed E-state index contributed by atoms with van der Waals surface area (Å²) in [6.45, 7) is 8.13. The first-order chi connectivity index (χ1) is 14.1. The number of aryl methyl sites for hydroxylation is 1. The summed E-state index contributed by atoms with van der Waals surface area (Å²) >= 11 is 0. The Hall–Kier alpha value is -1.73. The minimum atomic E-state index is 0.0736. The lowest BCUT2D eigenvalue weighted by Crippen LogP contribution is -2.46. The number of anilines is 1. The minimum Gasteiger partial charge on any atom is -0.381 e. The monoisotopic (exact) mass is 400 g/mol. The molecule has 4 aliphatic heterocycles. The summed E-state index contributed by atoms with van der Waals surface area (Å²) in [4.78, 5) is 17.3. The van der Waals surface area contributed by atoms with Gasteiger partial charge in [-0.2, -0.15) is 5.10 Å². The normalized spacial score (nSPS) is 31.3. The average Bonchev–Trinajstić information content (AvgIpc) is 3.36. The summed E-state index contributed by atoms with van der Waals surface area (Å²) in [5.41, 5.74) is 1.28. The fourth-order valence-electron chi connectivity index (χ4n) is 5.64. The van der Waals surface area contributed by atoms with Crippen molar-refractivity contribution in [3.05, 3.63) is 17.8 Å². The Morgan fingerprint density at radius 1 is 1.21 bits per heavy atom. The predicted octanol–water partition coefficient (Wildman–Crippen LogP) is 2.05. The van der Waals surface area contributed by atoms with Crippen LogP contribution in [0.4, 0.5) is 5.82 Å². The van der Waals surface area contributed by atoms with Gasteiger partial charge in [0.2, 0.25) is 5.91 Å². The van der Waals surface area contributed by atoms with Crippen LogP contribution in [0.1, 0.15) is 37.8 Å². The first kappa shape index (κ1) is 19.2. The zero-order chi connectivity index (χ0) is 19.8. The van der Waals surface area contributed by atoms with Crippen LogP contribution in [0.2, 0.25) is 0 Å². The number of ether oxygens (including phenoxy) is 2. The Bertz CT molecular complexity index is 724. The van der Waals surface area contributed by atoms with Gasteiger partial charge in [0.25, 0.3) is 0 Å². The van der Waals surface area contributed by atoms with Gasteiger partial charge in [-0.05, 0) is 56.1 Å². The number of carbonyl (C=O) groups is 1. The number of likely N-dealkylation sites (tertiary alicyclic amines) is 1. The van der Waals surface area contributed by atoms with Gasteiger partial charge in [-0.1, -0.05) is 0 Å². The molecule has 4 aliphatic rings. The molecule has 29 heavy (non-hydrogen) atoms. The molecule has 158 valence electrons. The fourth-order valence-corrected chi connectivity index (χ4v) is 5.64. The largest absolute Gasteiger partial charge is 0.381 e. The van der Waals surface area contributed by atoms with Gasteiger partial charge in [-0.3, -0.25) is 4.79 Å². The molecule has 1 amide bonds. The number of piperidine rings is 2. The number of rotatable bonds is 3. The molecule has 0 unspecified atom stereocenters. The highest BCUT2D eigenvalue weighted by Gasteiger charge is 2.43. The molecule has 0 bridgehead atoms. The van der Waals surface area contributed by atoms with Crippen LogP contribution in [0.3, 0.4) is 0 Å². The van der Waals surface area contributed by atoms with Crippen molar-refractivity contribution in [2.75, 3.05) is 50.9 Å². The summed E-state index contributed by atoms with van der Waals surface area (Å²) in [6, 6.07) is 4.07. The van der Waals surface area contributed by atoms with Gasteiger partial charge in [-0.25, -0.2) is 0 Å². The molecule has 7 nitrogen and oxygen atoms in total. The van der Waals surface area contributed by atoms with Gasteiger partial charge in [-0.15, -0.1) is 5.10 Å². The van der Waals surface area contributed by atoms with Gasteiger partial charge in [0, 0.05) is 38.7 Å². The number of aromatic nitrogens is 2. The van der Waals surface area contributed by atoms with E-state index in [-0.39, 0.29) is 12.0 Å². The maximum atomic E-state index is 12.9. The van der Waals surface area contributed by atoms with E-state index in [0.29, 0.717) is 23.7 Å².